The van der Waals surface area contributed by atoms with Crippen molar-refractivity contribution in [2.24, 2.45) is 0 Å². The third kappa shape index (κ3) is 27.4. The lowest BCUT2D eigenvalue weighted by molar-refractivity contribution is -0.156. The summed E-state index contributed by atoms with van der Waals surface area (Å²) in [5.41, 5.74) is -0.740. The highest BCUT2D eigenvalue weighted by Gasteiger charge is 2.20. The Morgan fingerprint density at radius 1 is 0.763 bits per heavy atom. The summed E-state index contributed by atoms with van der Waals surface area (Å²) in [5.74, 6) is -0.189. The van der Waals surface area contributed by atoms with Crippen molar-refractivity contribution in [2.75, 3.05) is 79.1 Å². The van der Waals surface area contributed by atoms with E-state index in [0.29, 0.717) is 19.6 Å². The van der Waals surface area contributed by atoms with Gasteiger partial charge >= 0.3 is 5.97 Å². The predicted molar refractivity (Wildman–Crippen MR) is 153 cm³/mol. The number of hydrogen-bond acceptors (Lipinski definition) is 10. The molecule has 0 aliphatic carbocycles. The zero-order valence-corrected chi connectivity index (χ0v) is 26.2. The summed E-state index contributed by atoms with van der Waals surface area (Å²) in [6.45, 7) is 28.5. The van der Waals surface area contributed by atoms with Gasteiger partial charge in [-0.25, -0.2) is 0 Å². The molecule has 1 rings (SSSR count). The van der Waals surface area contributed by atoms with Gasteiger partial charge in [-0.2, -0.15) is 0 Å². The molecule has 1 N–H and O–H groups in total. The van der Waals surface area contributed by atoms with Crippen molar-refractivity contribution in [2.45, 2.75) is 86.0 Å². The minimum absolute atomic E-state index is 0.0417. The molecule has 10 heteroatoms. The van der Waals surface area contributed by atoms with Crippen LogP contribution in [0.2, 0.25) is 0 Å². The van der Waals surface area contributed by atoms with Gasteiger partial charge in [0.25, 0.3) is 6.47 Å². The zero-order chi connectivity index (χ0) is 29.8. The molecule has 1 heterocycles. The van der Waals surface area contributed by atoms with Gasteiger partial charge in [0.1, 0.15) is 17.5 Å². The van der Waals surface area contributed by atoms with Crippen LogP contribution in [0, 0.1) is 0 Å². The first-order chi connectivity index (χ1) is 17.5. The van der Waals surface area contributed by atoms with Crippen LogP contribution < -0.4 is 5.32 Å². The number of ether oxygens (including phenoxy) is 3. The van der Waals surface area contributed by atoms with Crippen LogP contribution in [0.5, 0.6) is 0 Å². The summed E-state index contributed by atoms with van der Waals surface area (Å²) in [5, 5.41) is 3.44. The van der Waals surface area contributed by atoms with Crippen molar-refractivity contribution >= 4 is 18.7 Å². The van der Waals surface area contributed by atoms with E-state index in [0.717, 1.165) is 65.2 Å². The first kappa shape index (κ1) is 38.6. The number of nitrogens with zero attached hydrogens (tertiary/aromatic N) is 3. The fourth-order valence-electron chi connectivity index (χ4n) is 2.96. The van der Waals surface area contributed by atoms with E-state index < -0.39 is 5.60 Å². The van der Waals surface area contributed by atoms with Gasteiger partial charge < -0.3 is 29.2 Å². The molecule has 226 valence electrons. The number of rotatable bonds is 6. The molecule has 0 amide bonds. The standard InChI is InChI=1S/C18H36N4O3.C5H10O2.C5H12O/c1-5-20-8-6-19-7-9-21(14-15-23)11-13-22(12-10-20)16-17(24)25-18(2,3)4;1-5(2,3)7-4-6;1-5(2,3)6-4/h15,19H,5-14,16H2,1-4H3;4H,1-3H3;1-4H3. The molecular formula is C28H58N4O6. The third-order valence-electron chi connectivity index (χ3n) is 5.24. The van der Waals surface area contributed by atoms with Crippen molar-refractivity contribution in [1.82, 2.24) is 20.0 Å². The zero-order valence-electron chi connectivity index (χ0n) is 26.2. The number of likely N-dealkylation sites (N-methyl/N-ethyl adjacent to an activating group) is 1. The smallest absolute Gasteiger partial charge is 0.320 e. The van der Waals surface area contributed by atoms with Crippen molar-refractivity contribution < 1.29 is 28.6 Å². The maximum Gasteiger partial charge on any atom is 0.320 e. The van der Waals surface area contributed by atoms with Crippen LogP contribution in [0.3, 0.4) is 0 Å². The Morgan fingerprint density at radius 3 is 1.61 bits per heavy atom. The summed E-state index contributed by atoms with van der Waals surface area (Å²) in [6.07, 6.45) is 0.947. The highest BCUT2D eigenvalue weighted by atomic mass is 16.6. The molecule has 1 aliphatic rings. The Morgan fingerprint density at radius 2 is 1.24 bits per heavy atom. The molecule has 38 heavy (non-hydrogen) atoms. The van der Waals surface area contributed by atoms with Crippen molar-refractivity contribution in [3.8, 4) is 0 Å². The molecule has 10 nitrogen and oxygen atoms in total. The monoisotopic (exact) mass is 546 g/mol. The van der Waals surface area contributed by atoms with Gasteiger partial charge in [0, 0.05) is 59.5 Å². The molecule has 0 aromatic rings. The first-order valence-electron chi connectivity index (χ1n) is 13.7. The van der Waals surface area contributed by atoms with Gasteiger partial charge in [0.15, 0.2) is 0 Å². The summed E-state index contributed by atoms with van der Waals surface area (Å²) in [4.78, 5) is 39.3. The topological polar surface area (TPSA) is 101 Å². The van der Waals surface area contributed by atoms with Crippen molar-refractivity contribution in [3.63, 3.8) is 0 Å². The van der Waals surface area contributed by atoms with Gasteiger partial charge in [-0.05, 0) is 68.9 Å². The molecule has 0 saturated carbocycles. The summed E-state index contributed by atoms with van der Waals surface area (Å²) < 4.78 is 15.0. The normalized spacial score (nSPS) is 17.3. The predicted octanol–water partition coefficient (Wildman–Crippen LogP) is 2.45. The largest absolute Gasteiger partial charge is 0.462 e. The van der Waals surface area contributed by atoms with Gasteiger partial charge in [0.2, 0.25) is 0 Å². The van der Waals surface area contributed by atoms with E-state index >= 15 is 0 Å². The number of carbonyl (C=O) groups excluding carboxylic acids is 3. The van der Waals surface area contributed by atoms with Crippen LogP contribution in [-0.2, 0) is 28.6 Å². The van der Waals surface area contributed by atoms with E-state index in [1.54, 1.807) is 7.11 Å². The molecule has 0 bridgehead atoms. The highest BCUT2D eigenvalue weighted by molar-refractivity contribution is 5.72. The lowest BCUT2D eigenvalue weighted by Crippen LogP contribution is -2.46. The minimum Gasteiger partial charge on any atom is -0.462 e. The molecule has 0 radical (unpaired) electrons. The number of hydrogen-bond donors (Lipinski definition) is 1. The second-order valence-electron chi connectivity index (χ2n) is 12.2. The number of aldehydes is 1. The fourth-order valence-corrected chi connectivity index (χ4v) is 2.96. The summed E-state index contributed by atoms with van der Waals surface area (Å²) in [6, 6.07) is 0. The molecule has 1 saturated heterocycles. The van der Waals surface area contributed by atoms with Gasteiger partial charge in [-0.1, -0.05) is 6.92 Å². The van der Waals surface area contributed by atoms with Crippen LogP contribution in [0.15, 0.2) is 0 Å². The quantitative estimate of drug-likeness (QED) is 0.395. The maximum absolute atomic E-state index is 12.2. The van der Waals surface area contributed by atoms with Gasteiger partial charge in [-0.15, -0.1) is 0 Å². The molecule has 0 aromatic carbocycles. The van der Waals surface area contributed by atoms with E-state index in [4.69, 9.17) is 9.47 Å². The number of nitrogens with one attached hydrogen (secondary N) is 1. The average molecular weight is 547 g/mol. The van der Waals surface area contributed by atoms with Gasteiger partial charge in [-0.3, -0.25) is 19.4 Å². The highest BCUT2D eigenvalue weighted by Crippen LogP contribution is 2.08. The molecule has 1 aliphatic heterocycles. The maximum atomic E-state index is 12.2. The van der Waals surface area contributed by atoms with Crippen LogP contribution in [0.1, 0.15) is 69.2 Å². The van der Waals surface area contributed by atoms with E-state index in [9.17, 15) is 14.4 Å². The molecule has 0 spiro atoms. The molecule has 0 aromatic heterocycles. The average Bonchev–Trinajstić information content (AvgIpc) is 2.76. The van der Waals surface area contributed by atoms with Crippen LogP contribution in [0.4, 0.5) is 0 Å². The van der Waals surface area contributed by atoms with E-state index in [2.05, 4.69) is 31.7 Å². The molecule has 1 fully saturated rings. The lowest BCUT2D eigenvalue weighted by Gasteiger charge is -2.30. The Balaban J connectivity index is 0. The number of carbonyl (C=O) groups is 3. The third-order valence-corrected chi connectivity index (χ3v) is 5.24. The minimum atomic E-state index is -0.464. The second kappa shape index (κ2) is 20.3. The van der Waals surface area contributed by atoms with E-state index in [1.807, 2.05) is 62.3 Å². The van der Waals surface area contributed by atoms with Crippen molar-refractivity contribution in [1.29, 1.82) is 0 Å². The Labute approximate surface area is 232 Å². The first-order valence-corrected chi connectivity index (χ1v) is 13.7. The molecule has 0 atom stereocenters. The summed E-state index contributed by atoms with van der Waals surface area (Å²) in [7, 11) is 1.71. The van der Waals surface area contributed by atoms with E-state index in [1.165, 1.54) is 0 Å². The van der Waals surface area contributed by atoms with Gasteiger partial charge in [0.05, 0.1) is 18.7 Å². The Kier molecular flexibility index (Phi) is 20.6. The Bertz CT molecular complexity index is 626. The summed E-state index contributed by atoms with van der Waals surface area (Å²) >= 11 is 0. The molecule has 0 unspecified atom stereocenters. The van der Waals surface area contributed by atoms with Crippen LogP contribution >= 0.6 is 0 Å². The second-order valence-corrected chi connectivity index (χ2v) is 12.2. The van der Waals surface area contributed by atoms with Crippen molar-refractivity contribution in [3.05, 3.63) is 0 Å². The van der Waals surface area contributed by atoms with Crippen LogP contribution in [0.25, 0.3) is 0 Å². The Hall–Kier alpha value is -1.59. The SMILES string of the molecule is CC(C)(C)OC=O.CCN1CCNCCN(CC=O)CCN(CC(=O)OC(C)(C)C)CC1.COC(C)(C)C. The number of methoxy groups -OCH3 is 1. The lowest BCUT2D eigenvalue weighted by atomic mass is 10.2. The molecular weight excluding hydrogens is 488 g/mol. The van der Waals surface area contributed by atoms with Crippen LogP contribution in [-0.4, -0.2) is 129 Å². The number of esters is 1. The van der Waals surface area contributed by atoms with E-state index in [-0.39, 0.29) is 17.2 Å². The fraction of sp³-hybridized carbons (Fsp3) is 0.893.